The lowest BCUT2D eigenvalue weighted by atomic mass is 10.1. The number of benzene rings is 1. The number of carbonyl (C=O) groups excluding carboxylic acids is 2. The molecule has 1 aliphatic heterocycles. The molecule has 3 rings (SSSR count). The minimum absolute atomic E-state index is 0.00349. The van der Waals surface area contributed by atoms with Crippen molar-refractivity contribution in [2.24, 2.45) is 5.18 Å². The highest BCUT2D eigenvalue weighted by atomic mass is 16.6. The molecule has 0 fully saturated rings. The lowest BCUT2D eigenvalue weighted by Crippen LogP contribution is -2.40. The second-order valence-electron chi connectivity index (χ2n) is 7.74. The van der Waals surface area contributed by atoms with Crippen molar-refractivity contribution in [3.63, 3.8) is 0 Å². The Kier molecular flexibility index (Phi) is 5.48. The number of hydrogen-bond donors (Lipinski definition) is 2. The van der Waals surface area contributed by atoms with E-state index in [9.17, 15) is 14.5 Å². The second kappa shape index (κ2) is 7.84. The normalized spacial score (nSPS) is 16.1. The van der Waals surface area contributed by atoms with Crippen molar-refractivity contribution in [3.8, 4) is 11.1 Å². The van der Waals surface area contributed by atoms with Gasteiger partial charge in [-0.1, -0.05) is 12.1 Å². The molecule has 1 aromatic carbocycles. The fourth-order valence-corrected chi connectivity index (χ4v) is 3.16. The average Bonchev–Trinajstić information content (AvgIpc) is 3.09. The summed E-state index contributed by atoms with van der Waals surface area (Å²) in [5, 5.41) is 8.59. The van der Waals surface area contributed by atoms with Gasteiger partial charge in [0.25, 0.3) is 5.91 Å². The zero-order chi connectivity index (χ0) is 20.3. The van der Waals surface area contributed by atoms with Crippen LogP contribution in [0.3, 0.4) is 0 Å². The standard InChI is InChI=1S/C20H24N4O4/c1-20(2,3)28-19(26)21-8-7-16-11-22-18(25)17-10-14(12-24(16)17)13-5-4-6-15(9-13)23-27/h4-6,9-10,12,16H,7-8,11H2,1-3H3,(H,21,26)(H,22,25)/t16-/m0/s1. The SMILES string of the molecule is CC(C)(C)OC(=O)NCC[C@H]1CNC(=O)c2cc(-c3cccc(N=O)c3)cn21. The van der Waals surface area contributed by atoms with Crippen LogP contribution in [0.1, 0.15) is 43.7 Å². The van der Waals surface area contributed by atoms with Gasteiger partial charge in [-0.3, -0.25) is 4.79 Å². The maximum absolute atomic E-state index is 12.2. The number of hydrogen-bond acceptors (Lipinski definition) is 5. The zero-order valence-corrected chi connectivity index (χ0v) is 16.2. The minimum Gasteiger partial charge on any atom is -0.444 e. The summed E-state index contributed by atoms with van der Waals surface area (Å²) in [6.45, 7) is 6.34. The summed E-state index contributed by atoms with van der Waals surface area (Å²) >= 11 is 0. The van der Waals surface area contributed by atoms with Crippen LogP contribution in [-0.2, 0) is 4.74 Å². The Morgan fingerprint density at radius 3 is 2.82 bits per heavy atom. The van der Waals surface area contributed by atoms with Gasteiger partial charge in [0.2, 0.25) is 0 Å². The molecule has 0 saturated heterocycles. The summed E-state index contributed by atoms with van der Waals surface area (Å²) in [5.74, 6) is -0.146. The Morgan fingerprint density at radius 1 is 1.32 bits per heavy atom. The molecule has 28 heavy (non-hydrogen) atoms. The summed E-state index contributed by atoms with van der Waals surface area (Å²) in [6.07, 6.45) is 2.08. The predicted octanol–water partition coefficient (Wildman–Crippen LogP) is 3.75. The van der Waals surface area contributed by atoms with Crippen molar-refractivity contribution < 1.29 is 14.3 Å². The molecule has 2 aromatic rings. The van der Waals surface area contributed by atoms with E-state index in [0.29, 0.717) is 30.9 Å². The lowest BCUT2D eigenvalue weighted by Gasteiger charge is -2.27. The molecule has 0 unspecified atom stereocenters. The number of amides is 2. The number of rotatable bonds is 5. The first kappa shape index (κ1) is 19.6. The van der Waals surface area contributed by atoms with Crippen LogP contribution in [0.25, 0.3) is 11.1 Å². The van der Waals surface area contributed by atoms with E-state index < -0.39 is 11.7 Å². The van der Waals surface area contributed by atoms with Crippen LogP contribution < -0.4 is 10.6 Å². The van der Waals surface area contributed by atoms with Gasteiger partial charge in [-0.25, -0.2) is 4.79 Å². The van der Waals surface area contributed by atoms with Gasteiger partial charge >= 0.3 is 6.09 Å². The van der Waals surface area contributed by atoms with Gasteiger partial charge in [0.05, 0.1) is 6.04 Å². The van der Waals surface area contributed by atoms with Gasteiger partial charge in [-0.05, 0) is 56.1 Å². The highest BCUT2D eigenvalue weighted by Gasteiger charge is 2.26. The van der Waals surface area contributed by atoms with Gasteiger partial charge in [0.1, 0.15) is 17.0 Å². The molecule has 2 amide bonds. The summed E-state index contributed by atoms with van der Waals surface area (Å²) in [7, 11) is 0. The molecule has 8 nitrogen and oxygen atoms in total. The number of ether oxygens (including phenoxy) is 1. The van der Waals surface area contributed by atoms with Crippen LogP contribution in [0, 0.1) is 4.91 Å². The highest BCUT2D eigenvalue weighted by molar-refractivity contribution is 5.95. The first-order chi connectivity index (χ1) is 13.3. The van der Waals surface area contributed by atoms with Crippen molar-refractivity contribution in [1.29, 1.82) is 0 Å². The Bertz CT molecular complexity index is 898. The molecule has 148 valence electrons. The fraction of sp³-hybridized carbons (Fsp3) is 0.400. The zero-order valence-electron chi connectivity index (χ0n) is 16.2. The molecule has 2 heterocycles. The molecule has 0 aliphatic carbocycles. The molecular weight excluding hydrogens is 360 g/mol. The van der Waals surface area contributed by atoms with Crippen molar-refractivity contribution in [1.82, 2.24) is 15.2 Å². The molecule has 0 spiro atoms. The molecule has 0 radical (unpaired) electrons. The molecule has 1 aliphatic rings. The van der Waals surface area contributed by atoms with E-state index >= 15 is 0 Å². The van der Waals surface area contributed by atoms with Gasteiger partial charge in [0.15, 0.2) is 0 Å². The van der Waals surface area contributed by atoms with Crippen LogP contribution in [0.5, 0.6) is 0 Å². The smallest absolute Gasteiger partial charge is 0.407 e. The minimum atomic E-state index is -0.545. The third-order valence-electron chi connectivity index (χ3n) is 4.40. The Morgan fingerprint density at radius 2 is 2.11 bits per heavy atom. The molecule has 2 N–H and O–H groups in total. The highest BCUT2D eigenvalue weighted by Crippen LogP contribution is 2.29. The van der Waals surface area contributed by atoms with E-state index in [1.165, 1.54) is 0 Å². The van der Waals surface area contributed by atoms with Crippen molar-refractivity contribution in [2.45, 2.75) is 38.8 Å². The van der Waals surface area contributed by atoms with Crippen LogP contribution in [0.4, 0.5) is 10.5 Å². The first-order valence-electron chi connectivity index (χ1n) is 9.17. The van der Waals surface area contributed by atoms with Crippen LogP contribution in [0.2, 0.25) is 0 Å². The van der Waals surface area contributed by atoms with Crippen LogP contribution in [-0.4, -0.2) is 35.3 Å². The summed E-state index contributed by atoms with van der Waals surface area (Å²) < 4.78 is 7.16. The summed E-state index contributed by atoms with van der Waals surface area (Å²) in [4.78, 5) is 34.8. The van der Waals surface area contributed by atoms with E-state index in [2.05, 4.69) is 15.8 Å². The molecule has 8 heteroatoms. The number of fused-ring (bicyclic) bond motifs is 1. The number of alkyl carbamates (subject to hydrolysis) is 1. The Labute approximate surface area is 163 Å². The summed E-state index contributed by atoms with van der Waals surface area (Å²) in [6, 6.07) is 8.74. The number of nitrogens with one attached hydrogen (secondary N) is 2. The van der Waals surface area contributed by atoms with Crippen molar-refractivity contribution >= 4 is 17.7 Å². The molecule has 1 atom stereocenters. The van der Waals surface area contributed by atoms with Gasteiger partial charge in [-0.2, -0.15) is 0 Å². The number of nitroso groups, excluding NO2 is 1. The Hall–Kier alpha value is -3.16. The first-order valence-corrected chi connectivity index (χ1v) is 9.17. The quantitative estimate of drug-likeness (QED) is 0.767. The lowest BCUT2D eigenvalue weighted by molar-refractivity contribution is 0.0523. The molecule has 0 saturated carbocycles. The van der Waals surface area contributed by atoms with Crippen molar-refractivity contribution in [2.75, 3.05) is 13.1 Å². The fourth-order valence-electron chi connectivity index (χ4n) is 3.16. The second-order valence-corrected chi connectivity index (χ2v) is 7.74. The number of carbonyl (C=O) groups is 2. The third-order valence-corrected chi connectivity index (χ3v) is 4.40. The molecular formula is C20H24N4O4. The van der Waals surface area contributed by atoms with E-state index in [4.69, 9.17) is 4.74 Å². The maximum Gasteiger partial charge on any atom is 0.407 e. The number of aromatic nitrogens is 1. The van der Waals surface area contributed by atoms with Crippen LogP contribution in [0.15, 0.2) is 41.7 Å². The van der Waals surface area contributed by atoms with Gasteiger partial charge in [-0.15, -0.1) is 4.91 Å². The summed E-state index contributed by atoms with van der Waals surface area (Å²) in [5.41, 5.74) is 1.99. The van der Waals surface area contributed by atoms with Crippen LogP contribution >= 0.6 is 0 Å². The maximum atomic E-state index is 12.2. The van der Waals surface area contributed by atoms with E-state index in [1.807, 2.05) is 37.6 Å². The Balaban J connectivity index is 1.72. The average molecular weight is 384 g/mol. The predicted molar refractivity (Wildman–Crippen MR) is 106 cm³/mol. The van der Waals surface area contributed by atoms with E-state index in [-0.39, 0.29) is 11.9 Å². The number of nitrogens with zero attached hydrogens (tertiary/aromatic N) is 2. The van der Waals surface area contributed by atoms with E-state index in [0.717, 1.165) is 11.1 Å². The van der Waals surface area contributed by atoms with Gasteiger partial charge < -0.3 is 19.9 Å². The molecule has 0 bridgehead atoms. The monoisotopic (exact) mass is 384 g/mol. The van der Waals surface area contributed by atoms with E-state index in [1.54, 1.807) is 24.3 Å². The largest absolute Gasteiger partial charge is 0.444 e. The molecule has 1 aromatic heterocycles. The topological polar surface area (TPSA) is 102 Å². The van der Waals surface area contributed by atoms with Gasteiger partial charge in [0, 0.05) is 24.8 Å². The van der Waals surface area contributed by atoms with Crippen molar-refractivity contribution in [3.05, 3.63) is 47.1 Å². The third kappa shape index (κ3) is 4.57.